The Bertz CT molecular complexity index is 611. The maximum Gasteiger partial charge on any atom is 0.208 e. The third-order valence-corrected chi connectivity index (χ3v) is 3.87. The number of ether oxygens (including phenoxy) is 1. The molecule has 0 unspecified atom stereocenters. The van der Waals surface area contributed by atoms with Gasteiger partial charge in [-0.15, -0.1) is 0 Å². The quantitative estimate of drug-likeness (QED) is 0.935. The zero-order chi connectivity index (χ0) is 14.8. The summed E-state index contributed by atoms with van der Waals surface area (Å²) in [6.45, 7) is 3.12. The van der Waals surface area contributed by atoms with Crippen molar-refractivity contribution in [2.75, 3.05) is 13.7 Å². The molecule has 21 heavy (non-hydrogen) atoms. The van der Waals surface area contributed by atoms with Crippen LogP contribution >= 0.6 is 0 Å². The first kappa shape index (κ1) is 14.1. The molecule has 1 saturated heterocycles. The fourth-order valence-corrected chi connectivity index (χ4v) is 2.90. The lowest BCUT2D eigenvalue weighted by molar-refractivity contribution is 0.167. The van der Waals surface area contributed by atoms with E-state index in [2.05, 4.69) is 16.0 Å². The first-order valence-corrected chi connectivity index (χ1v) is 7.13. The number of hydrogen-bond acceptors (Lipinski definition) is 5. The van der Waals surface area contributed by atoms with E-state index in [4.69, 9.17) is 9.15 Å². The Morgan fingerprint density at radius 3 is 3.05 bits per heavy atom. The van der Waals surface area contributed by atoms with Gasteiger partial charge in [-0.3, -0.25) is 4.90 Å². The van der Waals surface area contributed by atoms with Gasteiger partial charge in [-0.05, 0) is 31.0 Å². The second-order valence-electron chi connectivity index (χ2n) is 5.48. The number of likely N-dealkylation sites (tertiary alicyclic amines) is 1. The summed E-state index contributed by atoms with van der Waals surface area (Å²) in [5.41, 5.74) is 1.15. The second-order valence-corrected chi connectivity index (χ2v) is 5.48. The van der Waals surface area contributed by atoms with E-state index < -0.39 is 0 Å². The normalized spacial score (nSPS) is 22.6. The van der Waals surface area contributed by atoms with Gasteiger partial charge in [0.25, 0.3) is 0 Å². The van der Waals surface area contributed by atoms with E-state index in [0.29, 0.717) is 25.4 Å². The third kappa shape index (κ3) is 3.09. The molecule has 1 N–H and O–H groups in total. The van der Waals surface area contributed by atoms with Crippen molar-refractivity contribution < 1.29 is 14.3 Å². The molecule has 1 aliphatic rings. The van der Waals surface area contributed by atoms with E-state index in [0.717, 1.165) is 17.1 Å². The molecule has 5 heteroatoms. The highest BCUT2D eigenvalue weighted by molar-refractivity contribution is 5.31. The summed E-state index contributed by atoms with van der Waals surface area (Å²) < 4.78 is 10.8. The van der Waals surface area contributed by atoms with Crippen molar-refractivity contribution in [3.63, 3.8) is 0 Å². The Kier molecular flexibility index (Phi) is 3.94. The number of β-amino-alcohol motifs (C(OH)–C–C–N with tert-alkyl or cyclic N) is 1. The summed E-state index contributed by atoms with van der Waals surface area (Å²) in [5, 5.41) is 10.0. The SMILES string of the molecule is COc1cccc([C@@H]2C[C@H](O)CN2Cc2ncc(C)o2)c1. The highest BCUT2D eigenvalue weighted by Crippen LogP contribution is 2.34. The molecule has 0 amide bonds. The Morgan fingerprint density at radius 2 is 2.33 bits per heavy atom. The van der Waals surface area contributed by atoms with Crippen molar-refractivity contribution >= 4 is 0 Å². The molecule has 5 nitrogen and oxygen atoms in total. The van der Waals surface area contributed by atoms with Crippen LogP contribution in [0, 0.1) is 6.92 Å². The highest BCUT2D eigenvalue weighted by atomic mass is 16.5. The topological polar surface area (TPSA) is 58.7 Å². The molecule has 1 aliphatic heterocycles. The van der Waals surface area contributed by atoms with E-state index in [-0.39, 0.29) is 12.1 Å². The summed E-state index contributed by atoms with van der Waals surface area (Å²) >= 11 is 0. The Hall–Kier alpha value is -1.85. The maximum atomic E-state index is 10.0. The van der Waals surface area contributed by atoms with Crippen molar-refractivity contribution in [3.8, 4) is 5.75 Å². The van der Waals surface area contributed by atoms with E-state index in [1.165, 1.54) is 0 Å². The summed E-state index contributed by atoms with van der Waals surface area (Å²) in [7, 11) is 1.66. The van der Waals surface area contributed by atoms with Gasteiger partial charge in [0, 0.05) is 12.6 Å². The van der Waals surface area contributed by atoms with Crippen molar-refractivity contribution in [1.29, 1.82) is 0 Å². The molecule has 3 rings (SSSR count). The van der Waals surface area contributed by atoms with Crippen molar-refractivity contribution in [2.45, 2.75) is 32.0 Å². The van der Waals surface area contributed by atoms with Crippen LogP contribution in [0.1, 0.15) is 29.7 Å². The van der Waals surface area contributed by atoms with E-state index in [1.54, 1.807) is 13.3 Å². The van der Waals surface area contributed by atoms with Crippen LogP contribution in [0.2, 0.25) is 0 Å². The highest BCUT2D eigenvalue weighted by Gasteiger charge is 2.33. The van der Waals surface area contributed by atoms with Crippen LogP contribution in [0.5, 0.6) is 5.75 Å². The van der Waals surface area contributed by atoms with Crippen LogP contribution < -0.4 is 4.74 Å². The lowest BCUT2D eigenvalue weighted by Gasteiger charge is -2.23. The van der Waals surface area contributed by atoms with Crippen LogP contribution in [0.15, 0.2) is 34.9 Å². The maximum absolute atomic E-state index is 10.0. The molecular formula is C16H20N2O3. The molecule has 0 saturated carbocycles. The lowest BCUT2D eigenvalue weighted by Crippen LogP contribution is -2.24. The molecule has 2 heterocycles. The van der Waals surface area contributed by atoms with Gasteiger partial charge < -0.3 is 14.3 Å². The standard InChI is InChI=1S/C16H20N2O3/c1-11-8-17-16(21-11)10-18-9-13(19)7-15(18)12-4-3-5-14(6-12)20-2/h3-6,8,13,15,19H,7,9-10H2,1-2H3/t13-,15-/m0/s1. The van der Waals surface area contributed by atoms with Gasteiger partial charge in [0.2, 0.25) is 5.89 Å². The summed E-state index contributed by atoms with van der Waals surface area (Å²) in [5.74, 6) is 2.33. The zero-order valence-electron chi connectivity index (χ0n) is 12.3. The minimum atomic E-state index is -0.322. The number of aliphatic hydroxyl groups excluding tert-OH is 1. The van der Waals surface area contributed by atoms with Crippen LogP contribution in [-0.2, 0) is 6.54 Å². The molecule has 2 atom stereocenters. The van der Waals surface area contributed by atoms with Gasteiger partial charge in [0.05, 0.1) is 26.0 Å². The van der Waals surface area contributed by atoms with Crippen molar-refractivity contribution in [3.05, 3.63) is 47.7 Å². The number of nitrogens with zero attached hydrogens (tertiary/aromatic N) is 2. The molecule has 1 aromatic carbocycles. The van der Waals surface area contributed by atoms with Crippen LogP contribution in [0.3, 0.4) is 0 Å². The number of aromatic nitrogens is 1. The monoisotopic (exact) mass is 288 g/mol. The van der Waals surface area contributed by atoms with Crippen LogP contribution in [-0.4, -0.2) is 34.7 Å². The molecule has 2 aromatic rings. The minimum absolute atomic E-state index is 0.155. The third-order valence-electron chi connectivity index (χ3n) is 3.87. The van der Waals surface area contributed by atoms with E-state index in [9.17, 15) is 5.11 Å². The zero-order valence-corrected chi connectivity index (χ0v) is 12.3. The average Bonchev–Trinajstić information content (AvgIpc) is 3.05. The van der Waals surface area contributed by atoms with Gasteiger partial charge in [-0.1, -0.05) is 12.1 Å². The number of oxazole rings is 1. The average molecular weight is 288 g/mol. The first-order chi connectivity index (χ1) is 10.2. The molecule has 0 bridgehead atoms. The first-order valence-electron chi connectivity index (χ1n) is 7.13. The number of benzene rings is 1. The number of rotatable bonds is 4. The molecule has 1 fully saturated rings. The second kappa shape index (κ2) is 5.87. The van der Waals surface area contributed by atoms with E-state index >= 15 is 0 Å². The van der Waals surface area contributed by atoms with Gasteiger partial charge in [0.1, 0.15) is 11.5 Å². The molecule has 112 valence electrons. The van der Waals surface area contributed by atoms with Gasteiger partial charge >= 0.3 is 0 Å². The molecule has 1 aromatic heterocycles. The predicted molar refractivity (Wildman–Crippen MR) is 78.0 cm³/mol. The fraction of sp³-hybridized carbons (Fsp3) is 0.438. The smallest absolute Gasteiger partial charge is 0.208 e. The van der Waals surface area contributed by atoms with E-state index in [1.807, 2.05) is 25.1 Å². The number of aryl methyl sites for hydroxylation is 1. The van der Waals surface area contributed by atoms with Gasteiger partial charge in [-0.2, -0.15) is 0 Å². The number of hydrogen-bond donors (Lipinski definition) is 1. The van der Waals surface area contributed by atoms with Crippen molar-refractivity contribution in [1.82, 2.24) is 9.88 Å². The summed E-state index contributed by atoms with van der Waals surface area (Å²) in [6.07, 6.45) is 2.12. The Balaban J connectivity index is 1.81. The van der Waals surface area contributed by atoms with Gasteiger partial charge in [-0.25, -0.2) is 4.98 Å². The molecule has 0 aliphatic carbocycles. The molecule has 0 spiro atoms. The molecule has 0 radical (unpaired) electrons. The lowest BCUT2D eigenvalue weighted by atomic mass is 10.0. The predicted octanol–water partition coefficient (Wildman–Crippen LogP) is 2.30. The van der Waals surface area contributed by atoms with Crippen molar-refractivity contribution in [2.24, 2.45) is 0 Å². The fourth-order valence-electron chi connectivity index (χ4n) is 2.90. The summed E-state index contributed by atoms with van der Waals surface area (Å²) in [6, 6.07) is 8.15. The summed E-state index contributed by atoms with van der Waals surface area (Å²) in [4.78, 5) is 6.45. The largest absolute Gasteiger partial charge is 0.497 e. The Morgan fingerprint density at radius 1 is 1.48 bits per heavy atom. The number of methoxy groups -OCH3 is 1. The number of aliphatic hydroxyl groups is 1. The van der Waals surface area contributed by atoms with Crippen LogP contribution in [0.4, 0.5) is 0 Å². The van der Waals surface area contributed by atoms with Gasteiger partial charge in [0.15, 0.2) is 0 Å². The Labute approximate surface area is 124 Å². The van der Waals surface area contributed by atoms with Crippen LogP contribution in [0.25, 0.3) is 0 Å². The molecular weight excluding hydrogens is 268 g/mol. The minimum Gasteiger partial charge on any atom is -0.497 e.